The largest absolute Gasteiger partial charge is 0.481 e. The van der Waals surface area contributed by atoms with Gasteiger partial charge in [-0.2, -0.15) is 0 Å². The zero-order valence-electron chi connectivity index (χ0n) is 16.5. The molecule has 3 aromatic rings. The fraction of sp³-hybridized carbons (Fsp3) is 0.417. The Kier molecular flexibility index (Phi) is 4.84. The van der Waals surface area contributed by atoms with Crippen LogP contribution in [0.3, 0.4) is 0 Å². The Hall–Kier alpha value is -2.66. The van der Waals surface area contributed by atoms with E-state index < -0.39 is 5.97 Å². The topological polar surface area (TPSA) is 66.6 Å². The molecule has 0 amide bonds. The third-order valence-corrected chi connectivity index (χ3v) is 6.41. The first-order valence-corrected chi connectivity index (χ1v) is 10.6. The summed E-state index contributed by atoms with van der Waals surface area (Å²) in [7, 11) is 0. The van der Waals surface area contributed by atoms with Gasteiger partial charge in [-0.1, -0.05) is 31.4 Å². The summed E-state index contributed by atoms with van der Waals surface area (Å²) in [4.78, 5) is 17.6. The van der Waals surface area contributed by atoms with Crippen molar-refractivity contribution in [1.82, 2.24) is 9.88 Å². The summed E-state index contributed by atoms with van der Waals surface area (Å²) in [5, 5.41) is 10.1. The molecule has 1 aliphatic heterocycles. The van der Waals surface area contributed by atoms with Gasteiger partial charge in [0.25, 0.3) is 0 Å². The molecular weight excluding hydrogens is 364 g/mol. The number of likely N-dealkylation sites (tertiary alicyclic amines) is 1. The van der Waals surface area contributed by atoms with Crippen LogP contribution in [0, 0.1) is 5.92 Å². The molecule has 0 radical (unpaired) electrons. The molecule has 3 heterocycles. The molecule has 1 saturated carbocycles. The van der Waals surface area contributed by atoms with Crippen LogP contribution in [0.2, 0.25) is 0 Å². The number of aliphatic carboxylic acids is 1. The minimum Gasteiger partial charge on any atom is -0.481 e. The van der Waals surface area contributed by atoms with E-state index in [0.717, 1.165) is 34.5 Å². The average molecular weight is 390 g/mol. The lowest BCUT2D eigenvalue weighted by Crippen LogP contribution is -2.49. The number of aromatic nitrogens is 1. The van der Waals surface area contributed by atoms with Crippen molar-refractivity contribution < 1.29 is 14.3 Å². The lowest BCUT2D eigenvalue weighted by atomic mass is 9.84. The third kappa shape index (κ3) is 3.79. The van der Waals surface area contributed by atoms with Crippen molar-refractivity contribution in [3.8, 4) is 11.5 Å². The van der Waals surface area contributed by atoms with Gasteiger partial charge < -0.3 is 9.52 Å². The summed E-state index contributed by atoms with van der Waals surface area (Å²) < 4.78 is 6.05. The molecule has 2 aromatic heterocycles. The van der Waals surface area contributed by atoms with Crippen molar-refractivity contribution in [2.24, 2.45) is 5.92 Å². The predicted molar refractivity (Wildman–Crippen MR) is 112 cm³/mol. The van der Waals surface area contributed by atoms with Crippen molar-refractivity contribution in [2.45, 2.75) is 44.6 Å². The number of carboxylic acid groups (broad SMARTS) is 1. The Morgan fingerprint density at radius 1 is 1.10 bits per heavy atom. The number of benzene rings is 1. The van der Waals surface area contributed by atoms with Gasteiger partial charge in [-0.05, 0) is 54.2 Å². The quantitative estimate of drug-likeness (QED) is 0.660. The normalized spacial score (nSPS) is 18.8. The lowest BCUT2D eigenvalue weighted by molar-refractivity contribution is -0.147. The standard InChI is InChI=1S/C24H26N2O3/c27-24(28)20-14-26(15-20)13-16-6-8-21(25-12-16)23-11-19-10-18(7-9-22(19)29-23)17-4-2-1-3-5-17/h6-12,17,20H,1-5,13-15H2,(H,27,28). The van der Waals surface area contributed by atoms with Crippen LogP contribution in [-0.2, 0) is 11.3 Å². The summed E-state index contributed by atoms with van der Waals surface area (Å²) in [6.45, 7) is 1.97. The Labute approximate surface area is 170 Å². The fourth-order valence-corrected chi connectivity index (χ4v) is 4.66. The maximum Gasteiger partial charge on any atom is 0.309 e. The average Bonchev–Trinajstić information content (AvgIpc) is 3.14. The summed E-state index contributed by atoms with van der Waals surface area (Å²) in [5.74, 6) is 0.552. The number of carboxylic acids is 1. The number of hydrogen-bond acceptors (Lipinski definition) is 4. The van der Waals surface area contributed by atoms with E-state index in [1.165, 1.54) is 37.7 Å². The highest BCUT2D eigenvalue weighted by atomic mass is 16.4. The molecule has 1 N–H and O–H groups in total. The molecule has 5 nitrogen and oxygen atoms in total. The third-order valence-electron chi connectivity index (χ3n) is 6.41. The molecule has 0 spiro atoms. The van der Waals surface area contributed by atoms with Crippen LogP contribution < -0.4 is 0 Å². The molecule has 1 saturated heterocycles. The monoisotopic (exact) mass is 390 g/mol. The molecular formula is C24H26N2O3. The first-order chi connectivity index (χ1) is 14.2. The van der Waals surface area contributed by atoms with Gasteiger partial charge in [0.1, 0.15) is 11.3 Å². The Bertz CT molecular complexity index is 1010. The molecule has 150 valence electrons. The number of carbonyl (C=O) groups is 1. The van der Waals surface area contributed by atoms with Gasteiger partial charge in [0, 0.05) is 31.2 Å². The summed E-state index contributed by atoms with van der Waals surface area (Å²) >= 11 is 0. The van der Waals surface area contributed by atoms with Gasteiger partial charge in [0.05, 0.1) is 5.92 Å². The van der Waals surface area contributed by atoms with Crippen LogP contribution in [0.15, 0.2) is 47.0 Å². The van der Waals surface area contributed by atoms with Crippen molar-refractivity contribution >= 4 is 16.9 Å². The van der Waals surface area contributed by atoms with Crippen LogP contribution >= 0.6 is 0 Å². The predicted octanol–water partition coefficient (Wildman–Crippen LogP) is 5.06. The number of hydrogen-bond donors (Lipinski definition) is 1. The molecule has 0 atom stereocenters. The van der Waals surface area contributed by atoms with E-state index in [0.29, 0.717) is 19.0 Å². The lowest BCUT2D eigenvalue weighted by Gasteiger charge is -2.36. The maximum absolute atomic E-state index is 10.9. The zero-order chi connectivity index (χ0) is 19.8. The second kappa shape index (κ2) is 7.64. The van der Waals surface area contributed by atoms with Crippen molar-refractivity contribution in [2.75, 3.05) is 13.1 Å². The van der Waals surface area contributed by atoms with Gasteiger partial charge in [0.2, 0.25) is 0 Å². The van der Waals surface area contributed by atoms with E-state index >= 15 is 0 Å². The number of furan rings is 1. The zero-order valence-corrected chi connectivity index (χ0v) is 16.5. The number of nitrogens with zero attached hydrogens (tertiary/aromatic N) is 2. The van der Waals surface area contributed by atoms with E-state index in [2.05, 4.69) is 40.2 Å². The SMILES string of the molecule is O=C(O)C1CN(Cc2ccc(-c3cc4cc(C5CCCCC5)ccc4o3)nc2)C1. The summed E-state index contributed by atoms with van der Waals surface area (Å²) in [5.41, 5.74) is 4.26. The van der Waals surface area contributed by atoms with E-state index in [-0.39, 0.29) is 5.92 Å². The van der Waals surface area contributed by atoms with Crippen LogP contribution in [0.4, 0.5) is 0 Å². The van der Waals surface area contributed by atoms with E-state index in [9.17, 15) is 4.79 Å². The maximum atomic E-state index is 10.9. The molecule has 1 aromatic carbocycles. The van der Waals surface area contributed by atoms with E-state index in [1.54, 1.807) is 0 Å². The van der Waals surface area contributed by atoms with Crippen LogP contribution in [-0.4, -0.2) is 34.0 Å². The molecule has 1 aliphatic carbocycles. The van der Waals surface area contributed by atoms with Crippen molar-refractivity contribution in [3.05, 3.63) is 53.7 Å². The Morgan fingerprint density at radius 3 is 2.66 bits per heavy atom. The van der Waals surface area contributed by atoms with E-state index in [1.807, 2.05) is 12.3 Å². The first-order valence-electron chi connectivity index (χ1n) is 10.6. The molecule has 5 rings (SSSR count). The summed E-state index contributed by atoms with van der Waals surface area (Å²) in [6, 6.07) is 12.7. The molecule has 2 fully saturated rings. The molecule has 29 heavy (non-hydrogen) atoms. The fourth-order valence-electron chi connectivity index (χ4n) is 4.66. The second-order valence-electron chi connectivity index (χ2n) is 8.52. The van der Waals surface area contributed by atoms with Gasteiger partial charge in [-0.15, -0.1) is 0 Å². The van der Waals surface area contributed by atoms with Gasteiger partial charge in [-0.25, -0.2) is 0 Å². The second-order valence-corrected chi connectivity index (χ2v) is 8.52. The number of pyridine rings is 1. The molecule has 0 unspecified atom stereocenters. The highest BCUT2D eigenvalue weighted by molar-refractivity contribution is 5.83. The smallest absolute Gasteiger partial charge is 0.309 e. The number of rotatable bonds is 5. The minimum absolute atomic E-state index is 0.226. The number of fused-ring (bicyclic) bond motifs is 1. The highest BCUT2D eigenvalue weighted by Crippen LogP contribution is 2.35. The van der Waals surface area contributed by atoms with Gasteiger partial charge >= 0.3 is 5.97 Å². The van der Waals surface area contributed by atoms with Crippen LogP contribution in [0.25, 0.3) is 22.4 Å². The minimum atomic E-state index is -0.703. The molecule has 5 heteroatoms. The van der Waals surface area contributed by atoms with Crippen LogP contribution in [0.5, 0.6) is 0 Å². The van der Waals surface area contributed by atoms with Crippen LogP contribution in [0.1, 0.15) is 49.1 Å². The summed E-state index contributed by atoms with van der Waals surface area (Å²) in [6.07, 6.45) is 8.50. The molecule has 0 bridgehead atoms. The highest BCUT2D eigenvalue weighted by Gasteiger charge is 2.32. The van der Waals surface area contributed by atoms with E-state index in [4.69, 9.17) is 9.52 Å². The first kappa shape index (κ1) is 18.4. The van der Waals surface area contributed by atoms with Crippen molar-refractivity contribution in [1.29, 1.82) is 0 Å². The van der Waals surface area contributed by atoms with Gasteiger partial charge in [-0.3, -0.25) is 14.7 Å². The van der Waals surface area contributed by atoms with Crippen molar-refractivity contribution in [3.63, 3.8) is 0 Å². The molecule has 2 aliphatic rings. The Balaban J connectivity index is 1.29. The Morgan fingerprint density at radius 2 is 1.93 bits per heavy atom. The van der Waals surface area contributed by atoms with Gasteiger partial charge in [0.15, 0.2) is 5.76 Å².